The average molecular weight is 596 g/mol. The summed E-state index contributed by atoms with van der Waals surface area (Å²) in [5.41, 5.74) is 5.66. The molecule has 0 spiro atoms. The van der Waals surface area contributed by atoms with Gasteiger partial charge in [-0.3, -0.25) is 14.1 Å². The number of fused-ring (bicyclic) bond motifs is 1. The summed E-state index contributed by atoms with van der Waals surface area (Å²) >= 11 is 0. The van der Waals surface area contributed by atoms with Gasteiger partial charge in [-0.1, -0.05) is 53.6 Å². The molecule has 0 aliphatic carbocycles. The molecule has 2 saturated heterocycles. The fraction of sp³-hybridized carbons (Fsp3) is 0.233. The molecule has 11 heteroatoms. The molecule has 2 aliphatic rings. The summed E-state index contributed by atoms with van der Waals surface area (Å²) in [6, 6.07) is 25.6. The second kappa shape index (κ2) is 12.9. The number of pyridine rings is 1. The van der Waals surface area contributed by atoms with Crippen molar-refractivity contribution < 1.29 is 25.9 Å². The van der Waals surface area contributed by atoms with Gasteiger partial charge < -0.3 is 10.2 Å². The normalized spacial score (nSPS) is 17.7. The molecule has 0 saturated carbocycles. The second-order valence-corrected chi connectivity index (χ2v) is 12.9. The van der Waals surface area contributed by atoms with Crippen LogP contribution in [0.2, 0.25) is 0 Å². The molecule has 4 aromatic rings. The van der Waals surface area contributed by atoms with Crippen LogP contribution in [0.3, 0.4) is 0 Å². The number of rotatable bonds is 4. The Labute approximate surface area is 241 Å². The Kier molecular flexibility index (Phi) is 9.57. The predicted octanol–water partition coefficient (Wildman–Crippen LogP) is 4.64. The zero-order chi connectivity index (χ0) is 29.6. The van der Waals surface area contributed by atoms with E-state index in [1.807, 2.05) is 32.3 Å². The van der Waals surface area contributed by atoms with Crippen molar-refractivity contribution in [2.45, 2.75) is 29.7 Å². The van der Waals surface area contributed by atoms with Gasteiger partial charge in [-0.05, 0) is 67.4 Å². The highest BCUT2D eigenvalue weighted by atomic mass is 32.2. The summed E-state index contributed by atoms with van der Waals surface area (Å²) in [5, 5.41) is 3.49. The monoisotopic (exact) mass is 595 g/mol. The van der Waals surface area contributed by atoms with Crippen LogP contribution in [0.25, 0.3) is 11.1 Å². The first-order valence-corrected chi connectivity index (χ1v) is 15.9. The Morgan fingerprint density at radius 1 is 0.732 bits per heavy atom. The van der Waals surface area contributed by atoms with Crippen molar-refractivity contribution >= 4 is 25.9 Å². The third-order valence-electron chi connectivity index (χ3n) is 6.95. The SMILES string of the molecule is Cc1ccc(S(=O)(=O)O)cc1.Cc1ccc(S(=O)(=O)O)cc1.c1cncc(-c2ccc(N3C[C@@H]4CN[C@@H]4C3)cc2)c1. The minimum atomic E-state index is -4.02. The molecule has 0 bridgehead atoms. The van der Waals surface area contributed by atoms with Crippen LogP contribution in [0, 0.1) is 19.8 Å². The number of nitrogens with zero attached hydrogens (tertiary/aromatic N) is 2. The van der Waals surface area contributed by atoms with E-state index >= 15 is 0 Å². The Bertz CT molecular complexity index is 1560. The summed E-state index contributed by atoms with van der Waals surface area (Å²) in [7, 11) is -8.04. The zero-order valence-electron chi connectivity index (χ0n) is 22.8. The molecule has 0 radical (unpaired) electrons. The molecule has 3 N–H and O–H groups in total. The first kappa shape index (κ1) is 30.4. The number of nitrogens with one attached hydrogen (secondary N) is 1. The van der Waals surface area contributed by atoms with Crippen LogP contribution in [0.4, 0.5) is 5.69 Å². The largest absolute Gasteiger partial charge is 0.370 e. The third-order valence-corrected chi connectivity index (χ3v) is 8.68. The van der Waals surface area contributed by atoms with Gasteiger partial charge in [0.25, 0.3) is 20.2 Å². The van der Waals surface area contributed by atoms with Gasteiger partial charge >= 0.3 is 0 Å². The molecule has 1 aromatic heterocycles. The molecule has 216 valence electrons. The van der Waals surface area contributed by atoms with Gasteiger partial charge in [-0.15, -0.1) is 0 Å². The molecule has 9 nitrogen and oxygen atoms in total. The number of hydrogen-bond acceptors (Lipinski definition) is 7. The first-order chi connectivity index (χ1) is 19.4. The van der Waals surface area contributed by atoms with Crippen molar-refractivity contribution in [1.29, 1.82) is 0 Å². The maximum atomic E-state index is 10.5. The lowest BCUT2D eigenvalue weighted by atomic mass is 9.96. The zero-order valence-corrected chi connectivity index (χ0v) is 24.4. The maximum Gasteiger partial charge on any atom is 0.294 e. The third kappa shape index (κ3) is 8.44. The van der Waals surface area contributed by atoms with E-state index in [1.165, 1.54) is 54.2 Å². The summed E-state index contributed by atoms with van der Waals surface area (Å²) in [4.78, 5) is 6.53. The first-order valence-electron chi connectivity index (χ1n) is 13.0. The number of anilines is 1. The summed E-state index contributed by atoms with van der Waals surface area (Å²) in [6.45, 7) is 7.22. The van der Waals surface area contributed by atoms with Crippen molar-refractivity contribution in [1.82, 2.24) is 10.3 Å². The highest BCUT2D eigenvalue weighted by molar-refractivity contribution is 7.86. The number of aromatic nitrogens is 1. The molecular formula is C30H33N3O6S2. The van der Waals surface area contributed by atoms with E-state index in [0.29, 0.717) is 0 Å². The van der Waals surface area contributed by atoms with Gasteiger partial charge in [0.05, 0.1) is 9.79 Å². The lowest BCUT2D eigenvalue weighted by Gasteiger charge is -2.29. The fourth-order valence-corrected chi connectivity index (χ4v) is 5.44. The molecule has 41 heavy (non-hydrogen) atoms. The van der Waals surface area contributed by atoms with E-state index < -0.39 is 20.2 Å². The van der Waals surface area contributed by atoms with Crippen molar-refractivity contribution in [2.24, 2.45) is 5.92 Å². The van der Waals surface area contributed by atoms with E-state index in [9.17, 15) is 16.8 Å². The van der Waals surface area contributed by atoms with Gasteiger partial charge in [0.15, 0.2) is 0 Å². The highest BCUT2D eigenvalue weighted by Crippen LogP contribution is 2.29. The highest BCUT2D eigenvalue weighted by Gasteiger charge is 2.38. The summed E-state index contributed by atoms with van der Waals surface area (Å²) < 4.78 is 59.1. The molecule has 0 amide bonds. The number of hydrogen-bond donors (Lipinski definition) is 3. The minimum absolute atomic E-state index is 0.0666. The standard InChI is InChI=1S/C16H17N3.2C7H8O3S/c1-2-13(8-17-7-1)12-3-5-15(6-4-12)19-10-14-9-18-16(14)11-19;2*1-6-2-4-7(5-3-6)11(8,9)10/h1-8,14,16,18H,9-11H2;2*2-5H,1H3,(H,8,9,10)/t14-,16+;;/m0../s1. The van der Waals surface area contributed by atoms with Crippen LogP contribution in [0.5, 0.6) is 0 Å². The van der Waals surface area contributed by atoms with E-state index in [0.717, 1.165) is 29.6 Å². The lowest BCUT2D eigenvalue weighted by molar-refractivity contribution is 0.297. The molecular weight excluding hydrogens is 562 g/mol. The molecule has 2 atom stereocenters. The summed E-state index contributed by atoms with van der Waals surface area (Å²) in [5.74, 6) is 0.859. The fourth-order valence-electron chi connectivity index (χ4n) is 4.48. The Balaban J connectivity index is 0.000000153. The molecule has 2 fully saturated rings. The van der Waals surface area contributed by atoms with Crippen molar-refractivity contribution in [3.8, 4) is 11.1 Å². The quantitative estimate of drug-likeness (QED) is 0.288. The minimum Gasteiger partial charge on any atom is -0.370 e. The van der Waals surface area contributed by atoms with Gasteiger partial charge in [0.1, 0.15) is 0 Å². The van der Waals surface area contributed by atoms with Crippen molar-refractivity contribution in [2.75, 3.05) is 24.5 Å². The smallest absolute Gasteiger partial charge is 0.294 e. The van der Waals surface area contributed by atoms with Crippen molar-refractivity contribution in [3.63, 3.8) is 0 Å². The summed E-state index contributed by atoms with van der Waals surface area (Å²) in [6.07, 6.45) is 3.72. The Morgan fingerprint density at radius 2 is 1.27 bits per heavy atom. The van der Waals surface area contributed by atoms with Gasteiger partial charge in [-0.2, -0.15) is 16.8 Å². The van der Waals surface area contributed by atoms with Crippen LogP contribution in [0.15, 0.2) is 107 Å². The lowest BCUT2D eigenvalue weighted by Crippen LogP contribution is -2.51. The van der Waals surface area contributed by atoms with E-state index in [1.54, 1.807) is 24.3 Å². The Morgan fingerprint density at radius 3 is 1.63 bits per heavy atom. The average Bonchev–Trinajstić information content (AvgIpc) is 3.23. The van der Waals surface area contributed by atoms with Gasteiger partial charge in [-0.25, -0.2) is 0 Å². The molecule has 3 heterocycles. The predicted molar refractivity (Wildman–Crippen MR) is 159 cm³/mol. The molecule has 6 rings (SSSR count). The van der Waals surface area contributed by atoms with Gasteiger partial charge in [0.2, 0.25) is 0 Å². The molecule has 3 aromatic carbocycles. The maximum absolute atomic E-state index is 10.5. The van der Waals surface area contributed by atoms with E-state index in [-0.39, 0.29) is 9.79 Å². The van der Waals surface area contributed by atoms with Crippen LogP contribution in [0.1, 0.15) is 11.1 Å². The van der Waals surface area contributed by atoms with Crippen LogP contribution >= 0.6 is 0 Å². The van der Waals surface area contributed by atoms with E-state index in [2.05, 4.69) is 45.5 Å². The van der Waals surface area contributed by atoms with Gasteiger partial charge in [0, 0.05) is 49.7 Å². The second-order valence-electron chi connectivity index (χ2n) is 10.0. The topological polar surface area (TPSA) is 137 Å². The van der Waals surface area contributed by atoms with Crippen molar-refractivity contribution in [3.05, 3.63) is 108 Å². The number of aryl methyl sites for hydroxylation is 2. The molecule has 2 aliphatic heterocycles. The molecule has 0 unspecified atom stereocenters. The van der Waals surface area contributed by atoms with E-state index in [4.69, 9.17) is 9.11 Å². The number of benzene rings is 3. The van der Waals surface area contributed by atoms with Crippen LogP contribution in [-0.4, -0.2) is 56.6 Å². The van der Waals surface area contributed by atoms with Crippen LogP contribution < -0.4 is 10.2 Å². The Hall–Kier alpha value is -3.61. The van der Waals surface area contributed by atoms with Crippen LogP contribution in [-0.2, 0) is 20.2 Å².